The smallest absolute Gasteiger partial charge is 0.223 e. The number of nitrogens with zero attached hydrogens (tertiary/aromatic N) is 1. The molecular weight excluding hydrogens is 309 g/mol. The lowest BCUT2D eigenvalue weighted by atomic mass is 10.1. The van der Waals surface area contributed by atoms with Gasteiger partial charge in [0.15, 0.2) is 5.78 Å². The zero-order valence-corrected chi connectivity index (χ0v) is 13.2. The van der Waals surface area contributed by atoms with Crippen LogP contribution in [0.5, 0.6) is 5.75 Å². The third kappa shape index (κ3) is 3.79. The maximum atomic E-state index is 13.3. The van der Waals surface area contributed by atoms with Crippen molar-refractivity contribution in [1.29, 1.82) is 0 Å². The van der Waals surface area contributed by atoms with E-state index in [0.717, 1.165) is 5.56 Å². The van der Waals surface area contributed by atoms with Gasteiger partial charge < -0.3 is 9.64 Å². The van der Waals surface area contributed by atoms with Crippen molar-refractivity contribution >= 4 is 11.7 Å². The average molecular weight is 327 g/mol. The Morgan fingerprint density at radius 2 is 1.88 bits per heavy atom. The lowest BCUT2D eigenvalue weighted by Crippen LogP contribution is -2.32. The van der Waals surface area contributed by atoms with E-state index in [-0.39, 0.29) is 30.3 Å². The standard InChI is InChI=1S/C19H18FNO3/c20-16-7-6-15-13-21(10-11-24-18(15)12-16)19(23)9-8-17(22)14-4-2-1-3-5-14/h1-7,12H,8-11,13H2. The van der Waals surface area contributed by atoms with E-state index in [1.807, 2.05) is 6.07 Å². The van der Waals surface area contributed by atoms with Crippen molar-refractivity contribution in [2.75, 3.05) is 13.2 Å². The fourth-order valence-corrected chi connectivity index (χ4v) is 2.70. The van der Waals surface area contributed by atoms with E-state index in [2.05, 4.69) is 0 Å². The summed E-state index contributed by atoms with van der Waals surface area (Å²) >= 11 is 0. The van der Waals surface area contributed by atoms with Crippen LogP contribution in [0, 0.1) is 5.82 Å². The number of hydrogen-bond acceptors (Lipinski definition) is 3. The Labute approximate surface area is 139 Å². The van der Waals surface area contributed by atoms with Crippen LogP contribution in [-0.4, -0.2) is 29.7 Å². The number of ketones is 1. The summed E-state index contributed by atoms with van der Waals surface area (Å²) in [5, 5.41) is 0. The maximum Gasteiger partial charge on any atom is 0.223 e. The molecule has 0 atom stereocenters. The number of fused-ring (bicyclic) bond motifs is 1. The third-order valence-electron chi connectivity index (χ3n) is 4.02. The number of halogens is 1. The number of Topliss-reactive ketones (excluding diaryl/α,β-unsaturated/α-hetero) is 1. The zero-order valence-electron chi connectivity index (χ0n) is 13.2. The second kappa shape index (κ2) is 7.25. The van der Waals surface area contributed by atoms with Gasteiger partial charge in [-0.05, 0) is 6.07 Å². The monoisotopic (exact) mass is 327 g/mol. The molecular formula is C19H18FNO3. The summed E-state index contributed by atoms with van der Waals surface area (Å²) in [7, 11) is 0. The van der Waals surface area contributed by atoms with Crippen LogP contribution >= 0.6 is 0 Å². The van der Waals surface area contributed by atoms with Gasteiger partial charge in [-0.1, -0.05) is 36.4 Å². The van der Waals surface area contributed by atoms with Gasteiger partial charge in [-0.2, -0.15) is 0 Å². The quantitative estimate of drug-likeness (QED) is 0.810. The summed E-state index contributed by atoms with van der Waals surface area (Å²) in [5.41, 5.74) is 1.39. The zero-order chi connectivity index (χ0) is 16.9. The molecule has 0 bridgehead atoms. The summed E-state index contributed by atoms with van der Waals surface area (Å²) in [4.78, 5) is 26.2. The van der Waals surface area contributed by atoms with E-state index in [4.69, 9.17) is 4.74 Å². The highest BCUT2D eigenvalue weighted by molar-refractivity contribution is 5.97. The fraction of sp³-hybridized carbons (Fsp3) is 0.263. The number of benzene rings is 2. The van der Waals surface area contributed by atoms with Crippen molar-refractivity contribution in [3.05, 3.63) is 65.5 Å². The Hall–Kier alpha value is -2.69. The summed E-state index contributed by atoms with van der Waals surface area (Å²) in [6.45, 7) is 1.11. The molecule has 4 nitrogen and oxygen atoms in total. The predicted octanol–water partition coefficient (Wildman–Crippen LogP) is 3.21. The number of ether oxygens (including phenoxy) is 1. The van der Waals surface area contributed by atoms with Crippen LogP contribution in [0.1, 0.15) is 28.8 Å². The summed E-state index contributed by atoms with van der Waals surface area (Å²) in [6, 6.07) is 13.3. The first kappa shape index (κ1) is 16.2. The molecule has 1 aliphatic heterocycles. The molecule has 5 heteroatoms. The van der Waals surface area contributed by atoms with E-state index < -0.39 is 0 Å². The van der Waals surface area contributed by atoms with Crippen molar-refractivity contribution in [3.8, 4) is 5.75 Å². The van der Waals surface area contributed by atoms with Crippen LogP contribution in [-0.2, 0) is 11.3 Å². The van der Waals surface area contributed by atoms with E-state index in [9.17, 15) is 14.0 Å². The minimum Gasteiger partial charge on any atom is -0.491 e. The van der Waals surface area contributed by atoms with Crippen molar-refractivity contribution in [3.63, 3.8) is 0 Å². The van der Waals surface area contributed by atoms with Crippen LogP contribution in [0.4, 0.5) is 4.39 Å². The summed E-state index contributed by atoms with van der Waals surface area (Å²) in [6.07, 6.45) is 0.334. The van der Waals surface area contributed by atoms with E-state index >= 15 is 0 Å². The van der Waals surface area contributed by atoms with E-state index in [1.54, 1.807) is 35.2 Å². The van der Waals surface area contributed by atoms with Gasteiger partial charge in [-0.15, -0.1) is 0 Å². The van der Waals surface area contributed by atoms with Gasteiger partial charge in [0.05, 0.1) is 6.54 Å². The van der Waals surface area contributed by atoms with E-state index in [1.165, 1.54) is 12.1 Å². The normalized spacial score (nSPS) is 13.6. The minimum absolute atomic E-state index is 0.0440. The first-order valence-corrected chi connectivity index (χ1v) is 7.91. The molecule has 0 N–H and O–H groups in total. The Morgan fingerprint density at radius 1 is 1.08 bits per heavy atom. The van der Waals surface area contributed by atoms with Gasteiger partial charge in [0.2, 0.25) is 5.91 Å². The van der Waals surface area contributed by atoms with Crippen molar-refractivity contribution < 1.29 is 18.7 Å². The topological polar surface area (TPSA) is 46.6 Å². The fourth-order valence-electron chi connectivity index (χ4n) is 2.70. The van der Waals surface area contributed by atoms with Crippen molar-refractivity contribution in [2.24, 2.45) is 0 Å². The number of carbonyl (C=O) groups is 2. The van der Waals surface area contributed by atoms with Crippen LogP contribution in [0.25, 0.3) is 0 Å². The summed E-state index contributed by atoms with van der Waals surface area (Å²) in [5.74, 6) is -0.0230. The Morgan fingerprint density at radius 3 is 2.67 bits per heavy atom. The predicted molar refractivity (Wildman–Crippen MR) is 87.3 cm³/mol. The van der Waals surface area contributed by atoms with Gasteiger partial charge in [-0.25, -0.2) is 4.39 Å². The molecule has 1 heterocycles. The van der Waals surface area contributed by atoms with Crippen molar-refractivity contribution in [1.82, 2.24) is 4.90 Å². The van der Waals surface area contributed by atoms with Gasteiger partial charge in [0, 0.05) is 36.6 Å². The molecule has 2 aromatic carbocycles. The Kier molecular flexibility index (Phi) is 4.89. The minimum atomic E-state index is -0.359. The van der Waals surface area contributed by atoms with Crippen LogP contribution < -0.4 is 4.74 Å². The average Bonchev–Trinajstić information content (AvgIpc) is 2.82. The molecule has 0 saturated carbocycles. The van der Waals surface area contributed by atoms with Gasteiger partial charge in [0.25, 0.3) is 0 Å². The van der Waals surface area contributed by atoms with E-state index in [0.29, 0.717) is 31.0 Å². The van der Waals surface area contributed by atoms with Crippen LogP contribution in [0.15, 0.2) is 48.5 Å². The molecule has 1 amide bonds. The molecule has 2 aromatic rings. The molecule has 0 fully saturated rings. The molecule has 0 radical (unpaired) electrons. The highest BCUT2D eigenvalue weighted by atomic mass is 19.1. The first-order chi connectivity index (χ1) is 11.6. The number of carbonyl (C=O) groups excluding carboxylic acids is 2. The molecule has 124 valence electrons. The number of rotatable bonds is 4. The molecule has 0 saturated heterocycles. The lowest BCUT2D eigenvalue weighted by Gasteiger charge is -2.19. The SMILES string of the molecule is O=C(CCC(=O)N1CCOc2cc(F)ccc2C1)c1ccccc1. The Balaban J connectivity index is 1.61. The van der Waals surface area contributed by atoms with Gasteiger partial charge in [-0.3, -0.25) is 9.59 Å². The first-order valence-electron chi connectivity index (χ1n) is 7.91. The molecule has 0 unspecified atom stereocenters. The second-order valence-electron chi connectivity index (χ2n) is 5.71. The van der Waals surface area contributed by atoms with Gasteiger partial charge >= 0.3 is 0 Å². The molecule has 3 rings (SSSR count). The number of amides is 1. The summed E-state index contributed by atoms with van der Waals surface area (Å²) < 4.78 is 18.8. The largest absolute Gasteiger partial charge is 0.491 e. The maximum absolute atomic E-state index is 13.3. The van der Waals surface area contributed by atoms with Crippen LogP contribution in [0.3, 0.4) is 0 Å². The second-order valence-corrected chi connectivity index (χ2v) is 5.71. The molecule has 24 heavy (non-hydrogen) atoms. The van der Waals surface area contributed by atoms with Crippen LogP contribution in [0.2, 0.25) is 0 Å². The molecule has 0 aromatic heterocycles. The highest BCUT2D eigenvalue weighted by Gasteiger charge is 2.21. The van der Waals surface area contributed by atoms with Crippen molar-refractivity contribution in [2.45, 2.75) is 19.4 Å². The number of hydrogen-bond donors (Lipinski definition) is 0. The molecule has 0 aliphatic carbocycles. The Bertz CT molecular complexity index is 746. The third-order valence-corrected chi connectivity index (χ3v) is 4.02. The molecule has 1 aliphatic rings. The van der Waals surface area contributed by atoms with Gasteiger partial charge in [0.1, 0.15) is 18.2 Å². The molecule has 0 spiro atoms. The lowest BCUT2D eigenvalue weighted by molar-refractivity contribution is -0.131. The highest BCUT2D eigenvalue weighted by Crippen LogP contribution is 2.24.